The Bertz CT molecular complexity index is 839. The van der Waals surface area contributed by atoms with Gasteiger partial charge in [0.15, 0.2) is 5.69 Å². The van der Waals surface area contributed by atoms with Crippen molar-refractivity contribution in [2.75, 3.05) is 21.1 Å². The number of carbonyl (C=O) groups excluding carboxylic acids is 1. The van der Waals surface area contributed by atoms with Gasteiger partial charge in [0.05, 0.1) is 5.69 Å². The number of pyridine rings is 1. The third-order valence-corrected chi connectivity index (χ3v) is 3.91. The average Bonchev–Trinajstić information content (AvgIpc) is 2.93. The average molecular weight is 322 g/mol. The van der Waals surface area contributed by atoms with Crippen molar-refractivity contribution < 1.29 is 4.79 Å². The van der Waals surface area contributed by atoms with E-state index in [9.17, 15) is 4.79 Å². The lowest BCUT2D eigenvalue weighted by atomic mass is 10.2. The zero-order chi connectivity index (χ0) is 17.1. The van der Waals surface area contributed by atoms with Crippen molar-refractivity contribution in [2.24, 2.45) is 0 Å². The second-order valence-corrected chi connectivity index (χ2v) is 6.22. The van der Waals surface area contributed by atoms with Crippen molar-refractivity contribution >= 4 is 11.6 Å². The molecule has 0 saturated heterocycles. The highest BCUT2D eigenvalue weighted by Crippen LogP contribution is 2.17. The molecule has 0 radical (unpaired) electrons. The summed E-state index contributed by atoms with van der Waals surface area (Å²) in [7, 11) is 5.80. The highest BCUT2D eigenvalue weighted by molar-refractivity contribution is 5.94. The van der Waals surface area contributed by atoms with E-state index < -0.39 is 0 Å². The molecule has 0 N–H and O–H groups in total. The van der Waals surface area contributed by atoms with Gasteiger partial charge in [-0.15, -0.1) is 0 Å². The molecule has 5 heteroatoms. The first-order valence-corrected chi connectivity index (χ1v) is 7.96. The van der Waals surface area contributed by atoms with Gasteiger partial charge in [0, 0.05) is 26.3 Å². The Hall–Kier alpha value is -2.66. The number of fused-ring (bicyclic) bond motifs is 1. The van der Waals surface area contributed by atoms with Crippen LogP contribution in [0.5, 0.6) is 0 Å². The summed E-state index contributed by atoms with van der Waals surface area (Å²) in [5, 5.41) is 0. The molecule has 5 nitrogen and oxygen atoms in total. The van der Waals surface area contributed by atoms with Crippen molar-refractivity contribution in [2.45, 2.75) is 13.1 Å². The van der Waals surface area contributed by atoms with Crippen LogP contribution >= 0.6 is 0 Å². The molecule has 0 saturated carbocycles. The van der Waals surface area contributed by atoms with E-state index in [2.05, 4.69) is 4.98 Å². The number of rotatable bonds is 5. The van der Waals surface area contributed by atoms with Crippen LogP contribution in [0.1, 0.15) is 21.7 Å². The van der Waals surface area contributed by atoms with Crippen LogP contribution in [0.2, 0.25) is 0 Å². The molecule has 1 amide bonds. The van der Waals surface area contributed by atoms with Gasteiger partial charge >= 0.3 is 0 Å². The van der Waals surface area contributed by atoms with Gasteiger partial charge in [0.1, 0.15) is 5.65 Å². The number of imidazole rings is 1. The summed E-state index contributed by atoms with van der Waals surface area (Å²) in [6.45, 7) is 1.22. The van der Waals surface area contributed by atoms with Crippen LogP contribution < -0.4 is 0 Å². The zero-order valence-electron chi connectivity index (χ0n) is 14.3. The molecule has 0 unspecified atom stereocenters. The fourth-order valence-corrected chi connectivity index (χ4v) is 2.78. The molecule has 3 rings (SSSR count). The van der Waals surface area contributed by atoms with Crippen molar-refractivity contribution in [3.8, 4) is 0 Å². The summed E-state index contributed by atoms with van der Waals surface area (Å²) in [5.41, 5.74) is 3.34. The lowest BCUT2D eigenvalue weighted by Crippen LogP contribution is -2.28. The maximum Gasteiger partial charge on any atom is 0.274 e. The van der Waals surface area contributed by atoms with E-state index in [1.807, 2.05) is 85.2 Å². The van der Waals surface area contributed by atoms with Gasteiger partial charge in [-0.05, 0) is 31.8 Å². The normalized spacial score (nSPS) is 11.2. The van der Waals surface area contributed by atoms with Crippen LogP contribution in [0.3, 0.4) is 0 Å². The maximum absolute atomic E-state index is 13.0. The van der Waals surface area contributed by atoms with E-state index >= 15 is 0 Å². The molecular weight excluding hydrogens is 300 g/mol. The maximum atomic E-state index is 13.0. The number of hydrogen-bond acceptors (Lipinski definition) is 3. The van der Waals surface area contributed by atoms with Crippen LogP contribution in [0.25, 0.3) is 5.65 Å². The number of aromatic nitrogens is 2. The van der Waals surface area contributed by atoms with Crippen LogP contribution in [-0.2, 0) is 13.1 Å². The Morgan fingerprint density at radius 2 is 1.71 bits per heavy atom. The first-order valence-electron chi connectivity index (χ1n) is 7.96. The monoisotopic (exact) mass is 322 g/mol. The standard InChI is InChI=1S/C19H22N4O/c1-21(2)14-16-18(20-17-11-7-8-12-23(16)17)19(24)22(3)13-15-9-5-4-6-10-15/h4-12H,13-14H2,1-3H3. The molecule has 0 bridgehead atoms. The molecule has 0 atom stereocenters. The number of nitrogens with zero attached hydrogens (tertiary/aromatic N) is 4. The topological polar surface area (TPSA) is 40.9 Å². The molecule has 3 aromatic rings. The summed E-state index contributed by atoms with van der Waals surface area (Å²) < 4.78 is 1.99. The third kappa shape index (κ3) is 3.31. The van der Waals surface area contributed by atoms with Crippen molar-refractivity contribution in [3.05, 3.63) is 71.7 Å². The summed E-state index contributed by atoms with van der Waals surface area (Å²) in [4.78, 5) is 21.3. The molecule has 0 aliphatic carbocycles. The molecule has 1 aromatic carbocycles. The Balaban J connectivity index is 1.93. The molecule has 0 aliphatic rings. The molecule has 2 heterocycles. The number of carbonyl (C=O) groups is 1. The molecular formula is C19H22N4O. The Kier molecular flexibility index (Phi) is 4.62. The minimum atomic E-state index is -0.0561. The predicted octanol–water partition coefficient (Wildman–Crippen LogP) is 2.67. The van der Waals surface area contributed by atoms with Gasteiger partial charge < -0.3 is 14.2 Å². The Morgan fingerprint density at radius 1 is 1.00 bits per heavy atom. The third-order valence-electron chi connectivity index (χ3n) is 3.91. The zero-order valence-corrected chi connectivity index (χ0v) is 14.3. The highest BCUT2D eigenvalue weighted by Gasteiger charge is 2.22. The first-order chi connectivity index (χ1) is 11.6. The number of benzene rings is 1. The molecule has 24 heavy (non-hydrogen) atoms. The van der Waals surface area contributed by atoms with Gasteiger partial charge in [-0.1, -0.05) is 36.4 Å². The summed E-state index contributed by atoms with van der Waals surface area (Å²) >= 11 is 0. The first kappa shape index (κ1) is 16.2. The van der Waals surface area contributed by atoms with E-state index in [0.29, 0.717) is 18.8 Å². The lowest BCUT2D eigenvalue weighted by Gasteiger charge is -2.18. The van der Waals surface area contributed by atoms with Crippen molar-refractivity contribution in [1.82, 2.24) is 19.2 Å². The molecule has 0 aliphatic heterocycles. The highest BCUT2D eigenvalue weighted by atomic mass is 16.2. The van der Waals surface area contributed by atoms with E-state index in [-0.39, 0.29) is 5.91 Å². The summed E-state index contributed by atoms with van der Waals surface area (Å²) in [5.74, 6) is -0.0561. The van der Waals surface area contributed by atoms with Gasteiger partial charge in [-0.2, -0.15) is 0 Å². The Morgan fingerprint density at radius 3 is 2.42 bits per heavy atom. The van der Waals surface area contributed by atoms with Crippen LogP contribution in [-0.4, -0.2) is 46.2 Å². The largest absolute Gasteiger partial charge is 0.336 e. The molecule has 124 valence electrons. The van der Waals surface area contributed by atoms with Gasteiger partial charge in [-0.3, -0.25) is 4.79 Å². The summed E-state index contributed by atoms with van der Waals surface area (Å²) in [6, 6.07) is 15.8. The van der Waals surface area contributed by atoms with Gasteiger partial charge in [0.25, 0.3) is 5.91 Å². The van der Waals surface area contributed by atoms with Crippen molar-refractivity contribution in [3.63, 3.8) is 0 Å². The number of hydrogen-bond donors (Lipinski definition) is 0. The smallest absolute Gasteiger partial charge is 0.274 e. The van der Waals surface area contributed by atoms with E-state index in [4.69, 9.17) is 0 Å². The van der Waals surface area contributed by atoms with E-state index in [1.54, 1.807) is 4.90 Å². The minimum absolute atomic E-state index is 0.0561. The second kappa shape index (κ2) is 6.84. The van der Waals surface area contributed by atoms with Crippen molar-refractivity contribution in [1.29, 1.82) is 0 Å². The quantitative estimate of drug-likeness (QED) is 0.725. The molecule has 2 aromatic heterocycles. The van der Waals surface area contributed by atoms with Crippen LogP contribution in [0, 0.1) is 0 Å². The summed E-state index contributed by atoms with van der Waals surface area (Å²) in [6.07, 6.45) is 1.95. The van der Waals surface area contributed by atoms with Crippen LogP contribution in [0.15, 0.2) is 54.7 Å². The van der Waals surface area contributed by atoms with Gasteiger partial charge in [0.2, 0.25) is 0 Å². The molecule has 0 fully saturated rings. The molecule has 0 spiro atoms. The van der Waals surface area contributed by atoms with Crippen LogP contribution in [0.4, 0.5) is 0 Å². The fourth-order valence-electron chi connectivity index (χ4n) is 2.78. The lowest BCUT2D eigenvalue weighted by molar-refractivity contribution is 0.0778. The van der Waals surface area contributed by atoms with Gasteiger partial charge in [-0.25, -0.2) is 4.98 Å². The number of amides is 1. The minimum Gasteiger partial charge on any atom is -0.336 e. The Labute approximate surface area is 142 Å². The predicted molar refractivity (Wildman–Crippen MR) is 94.8 cm³/mol. The second-order valence-electron chi connectivity index (χ2n) is 6.22. The van der Waals surface area contributed by atoms with E-state index in [0.717, 1.165) is 16.9 Å². The SMILES string of the molecule is CN(C)Cc1c(C(=O)N(C)Cc2ccccc2)nc2ccccn12. The van der Waals surface area contributed by atoms with E-state index in [1.165, 1.54) is 0 Å². The fraction of sp³-hybridized carbons (Fsp3) is 0.263.